The number of hydrogen-bond acceptors (Lipinski definition) is 9. The number of fused-ring (bicyclic) bond motifs is 2. The summed E-state index contributed by atoms with van der Waals surface area (Å²) in [5.41, 5.74) is 9.74. The van der Waals surface area contributed by atoms with E-state index in [0.717, 1.165) is 33.9 Å². The molecule has 0 bridgehead atoms. The standard InChI is InChI=1S/C27H29N5O5/c1-14(8-15-4-6-21-23(9-15)37-13-36-21)25-24-18(29-27-30-26(28)31-32(25)27)10-17(11-19(24)33)16-5-7-20(34-2)22(12-16)35-3/h4-7,9,12,14,17,25H,8,10-11,13H2,1-3H3,(H3,28,29,30,31). The SMILES string of the molecule is COc1ccc(C2CC(=O)C3=C(C2)Nc2nc(N)nn2C3C(C)Cc2ccc3c(c2)OCO3)cc1OC. The number of ketones is 1. The summed E-state index contributed by atoms with van der Waals surface area (Å²) >= 11 is 0. The lowest BCUT2D eigenvalue weighted by Gasteiger charge is -2.37. The van der Waals surface area contributed by atoms with Gasteiger partial charge in [-0.3, -0.25) is 4.79 Å². The van der Waals surface area contributed by atoms with E-state index in [1.165, 1.54) is 0 Å². The third kappa shape index (κ3) is 4.02. The van der Waals surface area contributed by atoms with Gasteiger partial charge < -0.3 is 30.0 Å². The maximum atomic E-state index is 13.7. The molecule has 0 radical (unpaired) electrons. The molecule has 10 heteroatoms. The van der Waals surface area contributed by atoms with Crippen LogP contribution >= 0.6 is 0 Å². The molecular formula is C27H29N5O5. The number of nitrogens with two attached hydrogens (primary N) is 1. The van der Waals surface area contributed by atoms with Gasteiger partial charge in [-0.2, -0.15) is 4.98 Å². The predicted octanol–water partition coefficient (Wildman–Crippen LogP) is 3.85. The predicted molar refractivity (Wildman–Crippen MR) is 136 cm³/mol. The number of benzene rings is 2. The Hall–Kier alpha value is -4.21. The van der Waals surface area contributed by atoms with Crippen molar-refractivity contribution >= 4 is 17.7 Å². The number of nitrogens with zero attached hydrogens (tertiary/aromatic N) is 3. The molecule has 0 spiro atoms. The molecule has 6 rings (SSSR count). The molecule has 37 heavy (non-hydrogen) atoms. The van der Waals surface area contributed by atoms with Crippen LogP contribution < -0.4 is 30.0 Å². The minimum Gasteiger partial charge on any atom is -0.493 e. The highest BCUT2D eigenvalue weighted by Crippen LogP contribution is 2.46. The number of nitrogens with one attached hydrogen (secondary N) is 1. The van der Waals surface area contributed by atoms with Crippen molar-refractivity contribution in [3.63, 3.8) is 0 Å². The van der Waals surface area contributed by atoms with E-state index in [9.17, 15) is 4.79 Å². The quantitative estimate of drug-likeness (QED) is 0.516. The number of ether oxygens (including phenoxy) is 4. The largest absolute Gasteiger partial charge is 0.493 e. The molecule has 3 aliphatic rings. The van der Waals surface area contributed by atoms with Crippen molar-refractivity contribution in [1.82, 2.24) is 14.8 Å². The van der Waals surface area contributed by atoms with Crippen molar-refractivity contribution in [1.29, 1.82) is 0 Å². The molecule has 10 nitrogen and oxygen atoms in total. The molecule has 3 aromatic rings. The van der Waals surface area contributed by atoms with Crippen LogP contribution in [0, 0.1) is 5.92 Å². The summed E-state index contributed by atoms with van der Waals surface area (Å²) in [6, 6.07) is 11.5. The first kappa shape index (κ1) is 23.2. The van der Waals surface area contributed by atoms with Crippen LogP contribution in [0.15, 0.2) is 47.7 Å². The van der Waals surface area contributed by atoms with Gasteiger partial charge in [0.2, 0.25) is 18.7 Å². The molecule has 3 heterocycles. The first-order valence-corrected chi connectivity index (χ1v) is 12.3. The minimum atomic E-state index is -0.291. The van der Waals surface area contributed by atoms with Gasteiger partial charge >= 0.3 is 0 Å². The second-order valence-corrected chi connectivity index (χ2v) is 9.71. The Bertz CT molecular complexity index is 1410. The molecule has 2 aliphatic heterocycles. The van der Waals surface area contributed by atoms with Gasteiger partial charge in [-0.05, 0) is 60.1 Å². The van der Waals surface area contributed by atoms with Crippen LogP contribution in [0.1, 0.15) is 42.9 Å². The van der Waals surface area contributed by atoms with Crippen molar-refractivity contribution in [2.24, 2.45) is 5.92 Å². The summed E-state index contributed by atoms with van der Waals surface area (Å²) in [5, 5.41) is 7.82. The molecule has 3 atom stereocenters. The zero-order chi connectivity index (χ0) is 25.7. The van der Waals surface area contributed by atoms with Crippen molar-refractivity contribution < 1.29 is 23.7 Å². The van der Waals surface area contributed by atoms with Crippen LogP contribution in [0.3, 0.4) is 0 Å². The van der Waals surface area contributed by atoms with Gasteiger partial charge in [-0.1, -0.05) is 19.1 Å². The number of Topliss-reactive ketones (excluding diaryl/α,β-unsaturated/α-hetero) is 1. The number of nitrogen functional groups attached to an aromatic ring is 1. The van der Waals surface area contributed by atoms with Gasteiger partial charge in [0, 0.05) is 17.7 Å². The number of anilines is 2. The minimum absolute atomic E-state index is 0.00445. The van der Waals surface area contributed by atoms with Gasteiger partial charge in [0.1, 0.15) is 0 Å². The summed E-state index contributed by atoms with van der Waals surface area (Å²) in [6.45, 7) is 2.36. The summed E-state index contributed by atoms with van der Waals surface area (Å²) in [4.78, 5) is 18.1. The maximum Gasteiger partial charge on any atom is 0.241 e. The van der Waals surface area contributed by atoms with E-state index in [1.54, 1.807) is 18.9 Å². The van der Waals surface area contributed by atoms with Crippen molar-refractivity contribution in [2.75, 3.05) is 32.1 Å². The van der Waals surface area contributed by atoms with Gasteiger partial charge in [0.15, 0.2) is 28.8 Å². The number of methoxy groups -OCH3 is 2. The Kier molecular flexibility index (Phi) is 5.66. The van der Waals surface area contributed by atoms with Gasteiger partial charge in [-0.25, -0.2) is 4.68 Å². The summed E-state index contributed by atoms with van der Waals surface area (Å²) < 4.78 is 23.6. The van der Waals surface area contributed by atoms with E-state index >= 15 is 0 Å². The first-order valence-electron chi connectivity index (χ1n) is 12.3. The zero-order valence-corrected chi connectivity index (χ0v) is 21.0. The smallest absolute Gasteiger partial charge is 0.241 e. The molecule has 0 amide bonds. The average Bonchev–Trinajstić information content (AvgIpc) is 3.51. The normalized spacial score (nSPS) is 20.7. The summed E-state index contributed by atoms with van der Waals surface area (Å²) in [6.07, 6.45) is 1.77. The summed E-state index contributed by atoms with van der Waals surface area (Å²) in [7, 11) is 3.22. The summed E-state index contributed by atoms with van der Waals surface area (Å²) in [5.74, 6) is 3.65. The molecule has 0 saturated heterocycles. The first-order chi connectivity index (χ1) is 17.9. The van der Waals surface area contributed by atoms with Crippen molar-refractivity contribution in [3.05, 3.63) is 58.8 Å². The van der Waals surface area contributed by atoms with Crippen LogP contribution in [0.25, 0.3) is 0 Å². The number of aromatic nitrogens is 3. The lowest BCUT2D eigenvalue weighted by Crippen LogP contribution is -2.36. The van der Waals surface area contributed by atoms with Crippen LogP contribution in [-0.4, -0.2) is 41.6 Å². The fourth-order valence-corrected chi connectivity index (χ4v) is 5.69. The van der Waals surface area contributed by atoms with Crippen LogP contribution in [0.2, 0.25) is 0 Å². The molecule has 2 aromatic carbocycles. The molecule has 0 fully saturated rings. The van der Waals surface area contributed by atoms with Crippen LogP contribution in [-0.2, 0) is 11.2 Å². The topological polar surface area (TPSA) is 123 Å². The number of carbonyl (C=O) groups is 1. The Morgan fingerprint density at radius 2 is 1.92 bits per heavy atom. The lowest BCUT2D eigenvalue weighted by atomic mass is 9.76. The van der Waals surface area contributed by atoms with Crippen LogP contribution in [0.4, 0.5) is 11.9 Å². The third-order valence-corrected chi connectivity index (χ3v) is 7.39. The second kappa shape index (κ2) is 9.02. The molecule has 3 unspecified atom stereocenters. The molecule has 1 aliphatic carbocycles. The van der Waals surface area contributed by atoms with Gasteiger partial charge in [0.25, 0.3) is 0 Å². The second-order valence-electron chi connectivity index (χ2n) is 9.71. The average molecular weight is 504 g/mol. The third-order valence-electron chi connectivity index (χ3n) is 7.39. The Morgan fingerprint density at radius 1 is 1.11 bits per heavy atom. The van der Waals surface area contributed by atoms with Gasteiger partial charge in [0.05, 0.1) is 20.3 Å². The van der Waals surface area contributed by atoms with Crippen molar-refractivity contribution in [3.8, 4) is 23.0 Å². The van der Waals surface area contributed by atoms with Gasteiger partial charge in [-0.15, -0.1) is 5.10 Å². The van der Waals surface area contributed by atoms with Crippen LogP contribution in [0.5, 0.6) is 23.0 Å². The molecule has 1 aromatic heterocycles. The Morgan fingerprint density at radius 3 is 2.73 bits per heavy atom. The number of rotatable bonds is 6. The number of carbonyl (C=O) groups excluding carboxylic acids is 1. The number of hydrogen-bond donors (Lipinski definition) is 2. The highest BCUT2D eigenvalue weighted by Gasteiger charge is 2.41. The van der Waals surface area contributed by atoms with E-state index in [1.807, 2.05) is 36.4 Å². The molecule has 192 valence electrons. The molecule has 3 N–H and O–H groups in total. The monoisotopic (exact) mass is 503 g/mol. The van der Waals surface area contributed by atoms with Crippen molar-refractivity contribution in [2.45, 2.75) is 38.1 Å². The fourth-order valence-electron chi connectivity index (χ4n) is 5.69. The Labute approximate surface area is 214 Å². The maximum absolute atomic E-state index is 13.7. The van der Waals surface area contributed by atoms with E-state index in [2.05, 4.69) is 22.3 Å². The van der Waals surface area contributed by atoms with E-state index in [4.69, 9.17) is 24.7 Å². The van der Waals surface area contributed by atoms with E-state index in [-0.39, 0.29) is 36.4 Å². The fraction of sp³-hybridized carbons (Fsp3) is 0.370. The highest BCUT2D eigenvalue weighted by molar-refractivity contribution is 5.99. The molecule has 0 saturated carbocycles. The van der Waals surface area contributed by atoms with E-state index < -0.39 is 0 Å². The Balaban J connectivity index is 1.33. The van der Waals surface area contributed by atoms with E-state index in [0.29, 0.717) is 36.7 Å². The lowest BCUT2D eigenvalue weighted by molar-refractivity contribution is -0.117. The molecular weight excluding hydrogens is 474 g/mol. The number of allylic oxidation sites excluding steroid dienone is 2. The highest BCUT2D eigenvalue weighted by atomic mass is 16.7. The zero-order valence-electron chi connectivity index (χ0n) is 21.0.